The van der Waals surface area contributed by atoms with Crippen LogP contribution >= 0.6 is 0 Å². The number of fused-ring (bicyclic) bond motifs is 1. The van der Waals surface area contributed by atoms with Crippen LogP contribution in [0.4, 0.5) is 0 Å². The van der Waals surface area contributed by atoms with Crippen molar-refractivity contribution >= 4 is 16.8 Å². The predicted molar refractivity (Wildman–Crippen MR) is 175 cm³/mol. The zero-order valence-electron chi connectivity index (χ0n) is 26.2. The van der Waals surface area contributed by atoms with E-state index in [1.165, 1.54) is 10.9 Å². The highest BCUT2D eigenvalue weighted by molar-refractivity contribution is 5.83. The fourth-order valence-electron chi connectivity index (χ4n) is 5.60. The second-order valence-electron chi connectivity index (χ2n) is 11.5. The molecular weight excluding hydrogens is 568 g/mol. The number of nitrogens with one attached hydrogen (secondary N) is 2. The molecule has 0 radical (unpaired) electrons. The number of aromatic amines is 1. The Kier molecular flexibility index (Phi) is 13.0. The number of amides is 1. The summed E-state index contributed by atoms with van der Waals surface area (Å²) < 4.78 is 32.1. The first-order valence-corrected chi connectivity index (χ1v) is 16.1. The third kappa shape index (κ3) is 10.5. The van der Waals surface area contributed by atoms with Crippen LogP contribution in [-0.2, 0) is 48.1 Å². The maximum absolute atomic E-state index is 11.1. The summed E-state index contributed by atoms with van der Waals surface area (Å²) in [6, 6.07) is 28.6. The molecule has 3 aromatic carbocycles. The van der Waals surface area contributed by atoms with Crippen LogP contribution in [0.1, 0.15) is 49.3 Å². The molecule has 45 heavy (non-hydrogen) atoms. The van der Waals surface area contributed by atoms with Crippen LogP contribution in [0.15, 0.2) is 91.1 Å². The van der Waals surface area contributed by atoms with Crippen molar-refractivity contribution in [2.75, 3.05) is 26.4 Å². The Morgan fingerprint density at radius 3 is 2.24 bits per heavy atom. The molecule has 0 bridgehead atoms. The monoisotopic (exact) mass is 614 g/mol. The SMILES string of the molecule is CC(=O)NCCCCCOC[C@H]1O[C@@H](OCCc2c[nH]c3ccccc23)[C@H](OCc2ccccc2)C[C@@H]1OCc1ccccc1. The van der Waals surface area contributed by atoms with Gasteiger partial charge in [-0.15, -0.1) is 0 Å². The molecule has 1 amide bonds. The third-order valence-electron chi connectivity index (χ3n) is 8.06. The van der Waals surface area contributed by atoms with Crippen LogP contribution < -0.4 is 5.32 Å². The summed E-state index contributed by atoms with van der Waals surface area (Å²) >= 11 is 0. The topological polar surface area (TPSA) is 91.0 Å². The Bertz CT molecular complexity index is 1410. The van der Waals surface area contributed by atoms with Gasteiger partial charge in [0.05, 0.1) is 32.5 Å². The Morgan fingerprint density at radius 2 is 1.51 bits per heavy atom. The molecule has 2 N–H and O–H groups in total. The van der Waals surface area contributed by atoms with Crippen molar-refractivity contribution in [1.29, 1.82) is 0 Å². The molecule has 1 aliphatic heterocycles. The number of hydrogen-bond donors (Lipinski definition) is 2. The van der Waals surface area contributed by atoms with Gasteiger partial charge in [-0.1, -0.05) is 78.9 Å². The molecule has 5 rings (SSSR count). The molecule has 240 valence electrons. The predicted octanol–water partition coefficient (Wildman–Crippen LogP) is 6.34. The molecule has 4 aromatic rings. The van der Waals surface area contributed by atoms with Gasteiger partial charge in [-0.2, -0.15) is 0 Å². The van der Waals surface area contributed by atoms with E-state index in [0.29, 0.717) is 46.0 Å². The average Bonchev–Trinajstić information content (AvgIpc) is 3.48. The van der Waals surface area contributed by atoms with Crippen LogP contribution in [-0.4, -0.2) is 61.9 Å². The summed E-state index contributed by atoms with van der Waals surface area (Å²) in [5.41, 5.74) is 4.54. The van der Waals surface area contributed by atoms with Gasteiger partial charge in [-0.25, -0.2) is 0 Å². The van der Waals surface area contributed by atoms with Crippen molar-refractivity contribution in [2.45, 2.75) is 76.8 Å². The van der Waals surface area contributed by atoms with Gasteiger partial charge in [-0.05, 0) is 48.4 Å². The van der Waals surface area contributed by atoms with Crippen LogP contribution in [0.3, 0.4) is 0 Å². The molecule has 8 nitrogen and oxygen atoms in total. The number of benzene rings is 3. The van der Waals surface area contributed by atoms with Crippen molar-refractivity contribution in [2.24, 2.45) is 0 Å². The van der Waals surface area contributed by atoms with Gasteiger partial charge in [0.1, 0.15) is 12.2 Å². The Morgan fingerprint density at radius 1 is 0.822 bits per heavy atom. The number of carbonyl (C=O) groups excluding carboxylic acids is 1. The minimum atomic E-state index is -0.554. The summed E-state index contributed by atoms with van der Waals surface area (Å²) in [5, 5.41) is 4.05. The van der Waals surface area contributed by atoms with Gasteiger partial charge >= 0.3 is 0 Å². The normalized spacial score (nSPS) is 19.9. The fourth-order valence-corrected chi connectivity index (χ4v) is 5.60. The first-order valence-electron chi connectivity index (χ1n) is 16.1. The second-order valence-corrected chi connectivity index (χ2v) is 11.5. The Balaban J connectivity index is 1.22. The van der Waals surface area contributed by atoms with Gasteiger partial charge in [-0.3, -0.25) is 4.79 Å². The minimum absolute atomic E-state index is 0.00603. The van der Waals surface area contributed by atoms with Crippen molar-refractivity contribution in [3.8, 4) is 0 Å². The molecule has 4 atom stereocenters. The second kappa shape index (κ2) is 17.8. The van der Waals surface area contributed by atoms with Crippen molar-refractivity contribution in [3.05, 3.63) is 108 Å². The van der Waals surface area contributed by atoms with Crippen molar-refractivity contribution in [1.82, 2.24) is 10.3 Å². The molecule has 0 spiro atoms. The lowest BCUT2D eigenvalue weighted by atomic mass is 10.0. The summed E-state index contributed by atoms with van der Waals surface area (Å²) in [4.78, 5) is 14.4. The Hall–Kier alpha value is -3.53. The van der Waals surface area contributed by atoms with E-state index < -0.39 is 6.29 Å². The zero-order valence-corrected chi connectivity index (χ0v) is 26.2. The van der Waals surface area contributed by atoms with E-state index >= 15 is 0 Å². The largest absolute Gasteiger partial charge is 0.379 e. The highest BCUT2D eigenvalue weighted by atomic mass is 16.7. The number of ether oxygens (including phenoxy) is 5. The number of unbranched alkanes of at least 4 members (excludes halogenated alkanes) is 2. The number of rotatable bonds is 18. The van der Waals surface area contributed by atoms with Gasteiger partial charge in [0.25, 0.3) is 0 Å². The van der Waals surface area contributed by atoms with E-state index in [1.54, 1.807) is 6.92 Å². The summed E-state index contributed by atoms with van der Waals surface area (Å²) in [6.07, 6.45) is 4.87. The van der Waals surface area contributed by atoms with E-state index in [9.17, 15) is 4.79 Å². The van der Waals surface area contributed by atoms with E-state index in [0.717, 1.165) is 42.3 Å². The van der Waals surface area contributed by atoms with Gasteiger partial charge in [0, 0.05) is 43.6 Å². The highest BCUT2D eigenvalue weighted by Crippen LogP contribution is 2.29. The smallest absolute Gasteiger partial charge is 0.216 e. The fraction of sp³-hybridized carbons (Fsp3) is 0.432. The molecule has 0 aliphatic carbocycles. The molecule has 0 unspecified atom stereocenters. The van der Waals surface area contributed by atoms with Gasteiger partial charge in [0.2, 0.25) is 5.91 Å². The highest BCUT2D eigenvalue weighted by Gasteiger charge is 2.40. The molecule has 1 aliphatic rings. The van der Waals surface area contributed by atoms with Crippen LogP contribution in [0.2, 0.25) is 0 Å². The summed E-state index contributed by atoms with van der Waals surface area (Å²) in [6.45, 7) is 4.69. The lowest BCUT2D eigenvalue weighted by Gasteiger charge is -2.41. The molecule has 1 fully saturated rings. The first kappa shape index (κ1) is 32.9. The maximum atomic E-state index is 11.1. The van der Waals surface area contributed by atoms with E-state index in [-0.39, 0.29) is 24.2 Å². The van der Waals surface area contributed by atoms with Crippen LogP contribution in [0.25, 0.3) is 10.9 Å². The molecule has 8 heteroatoms. The number of aromatic nitrogens is 1. The zero-order chi connectivity index (χ0) is 31.1. The molecule has 1 aromatic heterocycles. The molecule has 1 saturated heterocycles. The lowest BCUT2D eigenvalue weighted by molar-refractivity contribution is -0.289. The number of para-hydroxylation sites is 1. The van der Waals surface area contributed by atoms with Crippen molar-refractivity contribution < 1.29 is 28.5 Å². The number of H-pyrrole nitrogens is 1. The van der Waals surface area contributed by atoms with E-state index in [4.69, 9.17) is 23.7 Å². The molecular formula is C37H46N2O6. The lowest BCUT2D eigenvalue weighted by Crippen LogP contribution is -2.52. The number of hydrogen-bond acceptors (Lipinski definition) is 6. The maximum Gasteiger partial charge on any atom is 0.216 e. The standard InChI is InChI=1S/C37H46N2O6/c1-28(40)38-20-11-4-12-21-41-27-36-34(43-25-29-13-5-2-6-14-29)23-35(44-26-30-15-7-3-8-16-30)37(45-36)42-22-19-31-24-39-33-18-10-9-17-32(31)33/h2-3,5-10,13-18,24,34-37,39H,4,11-12,19-23,25-27H2,1H3,(H,38,40)/t34-,35+,36+,37+/m0/s1. The summed E-state index contributed by atoms with van der Waals surface area (Å²) in [7, 11) is 0. The van der Waals surface area contributed by atoms with Crippen molar-refractivity contribution in [3.63, 3.8) is 0 Å². The average molecular weight is 615 g/mol. The molecule has 0 saturated carbocycles. The van der Waals surface area contributed by atoms with E-state index in [2.05, 4.69) is 59.0 Å². The van der Waals surface area contributed by atoms with E-state index in [1.807, 2.05) is 42.5 Å². The summed E-state index contributed by atoms with van der Waals surface area (Å²) in [5.74, 6) is 0.00603. The quantitative estimate of drug-likeness (QED) is 0.127. The minimum Gasteiger partial charge on any atom is -0.379 e. The molecule has 2 heterocycles. The number of carbonyl (C=O) groups is 1. The van der Waals surface area contributed by atoms with Gasteiger partial charge in [0.15, 0.2) is 6.29 Å². The van der Waals surface area contributed by atoms with Crippen LogP contribution in [0, 0.1) is 0 Å². The Labute approximate surface area is 266 Å². The third-order valence-corrected chi connectivity index (χ3v) is 8.06. The van der Waals surface area contributed by atoms with Gasteiger partial charge < -0.3 is 34.0 Å². The first-order chi connectivity index (χ1) is 22.2. The van der Waals surface area contributed by atoms with Crippen LogP contribution in [0.5, 0.6) is 0 Å².